The molecule has 0 spiro atoms. The average Bonchev–Trinajstić information content (AvgIpc) is 2.95. The number of carbonyl (C=O) groups excluding carboxylic acids is 2. The van der Waals surface area contributed by atoms with Crippen molar-refractivity contribution >= 4 is 33.1 Å². The number of fused-ring (bicyclic) bond motifs is 5. The molecule has 2 unspecified atom stereocenters. The molecule has 5 aromatic rings. The smallest absolute Gasteiger partial charge is 0.419 e. The lowest BCUT2D eigenvalue weighted by molar-refractivity contribution is -0.141. The van der Waals surface area contributed by atoms with Crippen molar-refractivity contribution in [2.24, 2.45) is 5.92 Å². The molecule has 0 saturated heterocycles. The predicted molar refractivity (Wildman–Crippen MR) is 149 cm³/mol. The van der Waals surface area contributed by atoms with Crippen molar-refractivity contribution in [1.82, 2.24) is 0 Å². The minimum atomic E-state index is -4.99. The van der Waals surface area contributed by atoms with E-state index in [1.165, 1.54) is 0 Å². The molecule has 0 aromatic heterocycles. The Morgan fingerprint density at radius 2 is 1.51 bits per heavy atom. The monoisotopic (exact) mass is 556 g/mol. The molecule has 0 N–H and O–H groups in total. The molecular formula is C34H24F4O3. The fourth-order valence-electron chi connectivity index (χ4n) is 6.02. The summed E-state index contributed by atoms with van der Waals surface area (Å²) in [4.78, 5) is 28.2. The van der Waals surface area contributed by atoms with Crippen LogP contribution < -0.4 is 4.74 Å². The van der Waals surface area contributed by atoms with Crippen LogP contribution in [0, 0.1) is 11.7 Å². The minimum absolute atomic E-state index is 0.307. The highest BCUT2D eigenvalue weighted by atomic mass is 19.4. The van der Waals surface area contributed by atoms with Crippen LogP contribution in [0.4, 0.5) is 17.6 Å². The van der Waals surface area contributed by atoms with Gasteiger partial charge in [-0.2, -0.15) is 13.2 Å². The van der Waals surface area contributed by atoms with Crippen LogP contribution >= 0.6 is 0 Å². The molecule has 0 amide bonds. The van der Waals surface area contributed by atoms with Gasteiger partial charge >= 0.3 is 6.18 Å². The minimum Gasteiger partial charge on any atom is -0.494 e. The van der Waals surface area contributed by atoms with E-state index >= 15 is 0 Å². The van der Waals surface area contributed by atoms with Crippen LogP contribution in [-0.2, 0) is 17.4 Å². The Morgan fingerprint density at radius 1 is 0.780 bits per heavy atom. The number of benzene rings is 5. The number of Topliss-reactive ketones (excluding diaryl/α,β-unsaturated/α-hetero) is 2. The Balaban J connectivity index is 1.56. The highest BCUT2D eigenvalue weighted by molar-refractivity contribution is 6.25. The van der Waals surface area contributed by atoms with Gasteiger partial charge in [-0.25, -0.2) is 4.39 Å². The van der Waals surface area contributed by atoms with Crippen LogP contribution in [0.1, 0.15) is 45.5 Å². The largest absolute Gasteiger partial charge is 0.494 e. The van der Waals surface area contributed by atoms with Crippen molar-refractivity contribution in [1.29, 1.82) is 0 Å². The molecule has 206 valence electrons. The van der Waals surface area contributed by atoms with Crippen LogP contribution in [0.25, 0.3) is 21.5 Å². The lowest BCUT2D eigenvalue weighted by Gasteiger charge is -2.31. The summed E-state index contributed by atoms with van der Waals surface area (Å²) in [7, 11) is 0. The molecule has 0 saturated carbocycles. The lowest BCUT2D eigenvalue weighted by atomic mass is 9.69. The molecule has 6 rings (SSSR count). The number of hydrogen-bond acceptors (Lipinski definition) is 3. The lowest BCUT2D eigenvalue weighted by Crippen LogP contribution is -2.37. The second-order valence-electron chi connectivity index (χ2n) is 10.1. The highest BCUT2D eigenvalue weighted by Gasteiger charge is 2.44. The van der Waals surface area contributed by atoms with Crippen LogP contribution in [0.15, 0.2) is 91.0 Å². The second kappa shape index (κ2) is 10.1. The van der Waals surface area contributed by atoms with E-state index in [-0.39, 0.29) is 0 Å². The molecule has 1 aliphatic carbocycles. The molecule has 0 bridgehead atoms. The first-order chi connectivity index (χ1) is 19.7. The molecule has 7 heteroatoms. The molecule has 0 radical (unpaired) electrons. The maximum absolute atomic E-state index is 14.4. The summed E-state index contributed by atoms with van der Waals surface area (Å²) >= 11 is 0. The topological polar surface area (TPSA) is 43.4 Å². The Morgan fingerprint density at radius 3 is 2.24 bits per heavy atom. The summed E-state index contributed by atoms with van der Waals surface area (Å²) < 4.78 is 61.6. The van der Waals surface area contributed by atoms with Gasteiger partial charge in [-0.05, 0) is 69.8 Å². The highest BCUT2D eigenvalue weighted by Crippen LogP contribution is 2.44. The van der Waals surface area contributed by atoms with Gasteiger partial charge < -0.3 is 4.74 Å². The van der Waals surface area contributed by atoms with E-state index in [1.807, 2.05) is 49.4 Å². The Hall–Kier alpha value is -4.52. The molecule has 3 nitrogen and oxygen atoms in total. The fraction of sp³-hybridized carbons (Fsp3) is 0.176. The second-order valence-corrected chi connectivity index (χ2v) is 10.1. The number of alkyl halides is 3. The van der Waals surface area contributed by atoms with E-state index in [1.54, 1.807) is 30.3 Å². The van der Waals surface area contributed by atoms with Gasteiger partial charge in [0, 0.05) is 5.56 Å². The third kappa shape index (κ3) is 4.55. The third-order valence-electron chi connectivity index (χ3n) is 7.79. The number of hydrogen-bond donors (Lipinski definition) is 0. The third-order valence-corrected chi connectivity index (χ3v) is 7.79. The molecule has 0 heterocycles. The van der Waals surface area contributed by atoms with Crippen molar-refractivity contribution in [3.05, 3.63) is 125 Å². The quantitative estimate of drug-likeness (QED) is 0.124. The molecule has 0 aliphatic heterocycles. The van der Waals surface area contributed by atoms with Crippen LogP contribution in [0.5, 0.6) is 5.75 Å². The van der Waals surface area contributed by atoms with Gasteiger partial charge in [-0.3, -0.25) is 9.59 Å². The maximum Gasteiger partial charge on any atom is 0.419 e. The van der Waals surface area contributed by atoms with E-state index < -0.39 is 52.9 Å². The SMILES string of the molecule is CCOc1ccc(C2C(=O)C(Cc3cccc(F)c3C(F)(F)F)C(=O)c3c2ccc2c3ccc3ccccc32)cc1. The van der Waals surface area contributed by atoms with Gasteiger partial charge in [0.2, 0.25) is 0 Å². The molecule has 41 heavy (non-hydrogen) atoms. The van der Waals surface area contributed by atoms with Crippen molar-refractivity contribution < 1.29 is 31.9 Å². The normalized spacial score (nSPS) is 17.2. The van der Waals surface area contributed by atoms with Crippen LogP contribution in [-0.4, -0.2) is 18.2 Å². The first-order valence-electron chi connectivity index (χ1n) is 13.3. The molecule has 0 fully saturated rings. The first-order valence-corrected chi connectivity index (χ1v) is 13.3. The van der Waals surface area contributed by atoms with E-state index in [9.17, 15) is 27.2 Å². The molecule has 1 aliphatic rings. The van der Waals surface area contributed by atoms with Gasteiger partial charge in [-0.15, -0.1) is 0 Å². The van der Waals surface area contributed by atoms with Gasteiger partial charge in [0.25, 0.3) is 0 Å². The van der Waals surface area contributed by atoms with E-state index in [2.05, 4.69) is 0 Å². The Bertz CT molecular complexity index is 1820. The first kappa shape index (κ1) is 26.7. The zero-order valence-corrected chi connectivity index (χ0v) is 22.0. The number of halogens is 4. The average molecular weight is 557 g/mol. The van der Waals surface area contributed by atoms with Crippen LogP contribution in [0.3, 0.4) is 0 Å². The van der Waals surface area contributed by atoms with E-state index in [0.29, 0.717) is 34.4 Å². The fourth-order valence-corrected chi connectivity index (χ4v) is 6.02. The van der Waals surface area contributed by atoms with Crippen molar-refractivity contribution in [3.63, 3.8) is 0 Å². The predicted octanol–water partition coefficient (Wildman–Crippen LogP) is 8.31. The zero-order valence-electron chi connectivity index (χ0n) is 22.0. The summed E-state index contributed by atoms with van der Waals surface area (Å²) in [6.45, 7) is 2.30. The maximum atomic E-state index is 14.4. The van der Waals surface area contributed by atoms with Crippen molar-refractivity contribution in [2.75, 3.05) is 6.61 Å². The Labute approximate surface area is 233 Å². The summed E-state index contributed by atoms with van der Waals surface area (Å²) in [5.74, 6) is -4.26. The van der Waals surface area contributed by atoms with E-state index in [4.69, 9.17) is 4.74 Å². The number of rotatable bonds is 5. The molecule has 5 aromatic carbocycles. The van der Waals surface area contributed by atoms with Crippen LogP contribution in [0.2, 0.25) is 0 Å². The number of ketones is 2. The number of carbonyl (C=O) groups is 2. The summed E-state index contributed by atoms with van der Waals surface area (Å²) in [5.41, 5.74) is -0.482. The zero-order chi connectivity index (χ0) is 28.9. The van der Waals surface area contributed by atoms with Crippen molar-refractivity contribution in [3.8, 4) is 5.75 Å². The number of ether oxygens (including phenoxy) is 1. The van der Waals surface area contributed by atoms with Gasteiger partial charge in [0.15, 0.2) is 11.6 Å². The van der Waals surface area contributed by atoms with Gasteiger partial charge in [0.1, 0.15) is 11.6 Å². The summed E-state index contributed by atoms with van der Waals surface area (Å²) in [5, 5.41) is 3.30. The van der Waals surface area contributed by atoms with E-state index in [0.717, 1.165) is 34.4 Å². The standard InChI is InChI=1S/C34H24F4O3/c1-2-41-22-13-10-20(11-14-22)29-26-17-16-24-23-8-4-3-6-19(23)12-15-25(24)30(26)33(40)27(32(29)39)18-21-7-5-9-28(35)31(21)34(36,37)38/h3-17,27,29H,2,18H2,1H3. The summed E-state index contributed by atoms with van der Waals surface area (Å²) in [6.07, 6.45) is -5.55. The van der Waals surface area contributed by atoms with Gasteiger partial charge in [0.05, 0.1) is 24.0 Å². The Kier molecular flexibility index (Phi) is 6.60. The van der Waals surface area contributed by atoms with Crippen molar-refractivity contribution in [2.45, 2.75) is 25.4 Å². The molecular weight excluding hydrogens is 532 g/mol. The summed E-state index contributed by atoms with van der Waals surface area (Å²) in [6, 6.07) is 25.0. The molecule has 2 atom stereocenters. The van der Waals surface area contributed by atoms with Gasteiger partial charge in [-0.1, -0.05) is 72.8 Å².